The van der Waals surface area contributed by atoms with E-state index >= 15 is 0 Å². The van der Waals surface area contributed by atoms with Gasteiger partial charge in [-0.1, -0.05) is 23.2 Å². The fourth-order valence-electron chi connectivity index (χ4n) is 2.75. The Morgan fingerprint density at radius 1 is 1.13 bits per heavy atom. The number of aliphatic imine (C=N–C) groups is 1. The van der Waals surface area contributed by atoms with E-state index in [9.17, 15) is 4.39 Å². The van der Waals surface area contributed by atoms with Gasteiger partial charge in [-0.05, 0) is 61.2 Å². The van der Waals surface area contributed by atoms with Crippen molar-refractivity contribution >= 4 is 40.8 Å². The maximum absolute atomic E-state index is 14.4. The van der Waals surface area contributed by atoms with Crippen molar-refractivity contribution in [1.82, 2.24) is 0 Å². The number of halogens is 3. The lowest BCUT2D eigenvalue weighted by Crippen LogP contribution is -2.19. The molecule has 0 spiro atoms. The van der Waals surface area contributed by atoms with E-state index in [1.807, 2.05) is 13.0 Å². The Morgan fingerprint density at radius 3 is 2.57 bits per heavy atom. The molecule has 0 N–H and O–H groups in total. The van der Waals surface area contributed by atoms with E-state index in [0.29, 0.717) is 21.4 Å². The van der Waals surface area contributed by atoms with Gasteiger partial charge < -0.3 is 4.90 Å². The quantitative estimate of drug-likeness (QED) is 0.639. The molecule has 1 saturated heterocycles. The highest BCUT2D eigenvalue weighted by molar-refractivity contribution is 6.36. The van der Waals surface area contributed by atoms with Crippen molar-refractivity contribution in [2.45, 2.75) is 19.8 Å². The minimum atomic E-state index is -0.207. The number of anilines is 1. The molecule has 0 saturated carbocycles. The molecule has 0 atom stereocenters. The van der Waals surface area contributed by atoms with E-state index in [0.717, 1.165) is 37.1 Å². The van der Waals surface area contributed by atoms with E-state index in [2.05, 4.69) is 9.89 Å². The van der Waals surface area contributed by atoms with Crippen LogP contribution in [-0.2, 0) is 0 Å². The van der Waals surface area contributed by atoms with Gasteiger partial charge in [0.1, 0.15) is 5.82 Å². The minimum absolute atomic E-state index is 0.207. The highest BCUT2D eigenvalue weighted by Crippen LogP contribution is 2.29. The first-order chi connectivity index (χ1) is 11.0. The van der Waals surface area contributed by atoms with Gasteiger partial charge in [-0.15, -0.1) is 0 Å². The first kappa shape index (κ1) is 16.3. The molecule has 2 aromatic carbocycles. The Morgan fingerprint density at radius 2 is 1.87 bits per heavy atom. The SMILES string of the molecule is Cc1cc(N2CCCC2)c(F)cc1C=Nc1ccc(Cl)cc1Cl. The number of nitrogens with zero attached hydrogens (tertiary/aromatic N) is 2. The molecule has 0 unspecified atom stereocenters. The molecule has 0 amide bonds. The molecule has 0 aromatic heterocycles. The van der Waals surface area contributed by atoms with Gasteiger partial charge in [0.05, 0.1) is 16.4 Å². The minimum Gasteiger partial charge on any atom is -0.369 e. The van der Waals surface area contributed by atoms with Gasteiger partial charge in [-0.3, -0.25) is 4.99 Å². The summed E-state index contributed by atoms with van der Waals surface area (Å²) in [5, 5.41) is 1.03. The maximum Gasteiger partial charge on any atom is 0.147 e. The zero-order valence-electron chi connectivity index (χ0n) is 12.8. The van der Waals surface area contributed by atoms with Gasteiger partial charge in [0, 0.05) is 24.3 Å². The van der Waals surface area contributed by atoms with Crippen LogP contribution in [0, 0.1) is 12.7 Å². The lowest BCUT2D eigenvalue weighted by molar-refractivity contribution is 0.622. The van der Waals surface area contributed by atoms with E-state index in [-0.39, 0.29) is 5.82 Å². The average Bonchev–Trinajstić information content (AvgIpc) is 3.03. The monoisotopic (exact) mass is 350 g/mol. The molecule has 120 valence electrons. The molecular formula is C18H17Cl2FN2. The third-order valence-corrected chi connectivity index (χ3v) is 4.57. The lowest BCUT2D eigenvalue weighted by atomic mass is 10.1. The van der Waals surface area contributed by atoms with Crippen molar-refractivity contribution in [1.29, 1.82) is 0 Å². The zero-order chi connectivity index (χ0) is 16.4. The second kappa shape index (κ2) is 6.90. The standard InChI is InChI=1S/C18H17Cl2FN2/c1-12-8-18(23-6-2-3-7-23)16(21)9-13(12)11-22-17-5-4-14(19)10-15(17)20/h4-5,8-11H,2-3,6-7H2,1H3. The second-order valence-electron chi connectivity index (χ2n) is 5.71. The van der Waals surface area contributed by atoms with Crippen LogP contribution in [0.25, 0.3) is 0 Å². The van der Waals surface area contributed by atoms with E-state index in [4.69, 9.17) is 23.2 Å². The van der Waals surface area contributed by atoms with Crippen LogP contribution in [0.2, 0.25) is 10.0 Å². The maximum atomic E-state index is 14.4. The van der Waals surface area contributed by atoms with Crippen LogP contribution in [0.15, 0.2) is 35.3 Å². The molecule has 3 rings (SSSR count). The first-order valence-electron chi connectivity index (χ1n) is 7.59. The number of benzene rings is 2. The number of hydrogen-bond donors (Lipinski definition) is 0. The molecule has 1 aliphatic heterocycles. The molecule has 0 radical (unpaired) electrons. The van der Waals surface area contributed by atoms with E-state index in [1.54, 1.807) is 24.4 Å². The van der Waals surface area contributed by atoms with Crippen LogP contribution in [-0.4, -0.2) is 19.3 Å². The van der Waals surface area contributed by atoms with Gasteiger partial charge in [0.25, 0.3) is 0 Å². The molecule has 0 bridgehead atoms. The Bertz CT molecular complexity index is 753. The lowest BCUT2D eigenvalue weighted by Gasteiger charge is -2.19. The Labute approximate surface area is 145 Å². The molecule has 2 aromatic rings. The fraction of sp³-hybridized carbons (Fsp3) is 0.278. The van der Waals surface area contributed by atoms with Crippen molar-refractivity contribution in [3.05, 3.63) is 57.3 Å². The van der Waals surface area contributed by atoms with Crippen LogP contribution < -0.4 is 4.90 Å². The van der Waals surface area contributed by atoms with Gasteiger partial charge in [-0.25, -0.2) is 4.39 Å². The molecule has 5 heteroatoms. The molecule has 23 heavy (non-hydrogen) atoms. The van der Waals surface area contributed by atoms with Crippen molar-refractivity contribution in [2.75, 3.05) is 18.0 Å². The van der Waals surface area contributed by atoms with Gasteiger partial charge in [0.2, 0.25) is 0 Å². The number of rotatable bonds is 3. The second-order valence-corrected chi connectivity index (χ2v) is 6.55. The van der Waals surface area contributed by atoms with Crippen LogP contribution in [0.4, 0.5) is 15.8 Å². The summed E-state index contributed by atoms with van der Waals surface area (Å²) in [6.07, 6.45) is 3.88. The van der Waals surface area contributed by atoms with Crippen LogP contribution >= 0.6 is 23.2 Å². The predicted octanol–water partition coefficient (Wildman–Crippen LogP) is 5.79. The largest absolute Gasteiger partial charge is 0.369 e. The molecule has 1 heterocycles. The third-order valence-electron chi connectivity index (χ3n) is 4.03. The first-order valence-corrected chi connectivity index (χ1v) is 8.34. The van der Waals surface area contributed by atoms with Crippen LogP contribution in [0.5, 0.6) is 0 Å². The number of hydrogen-bond acceptors (Lipinski definition) is 2. The van der Waals surface area contributed by atoms with Crippen molar-refractivity contribution < 1.29 is 4.39 Å². The molecule has 2 nitrogen and oxygen atoms in total. The third kappa shape index (κ3) is 3.67. The van der Waals surface area contributed by atoms with Gasteiger partial charge >= 0.3 is 0 Å². The highest BCUT2D eigenvalue weighted by Gasteiger charge is 2.17. The average molecular weight is 351 g/mol. The van der Waals surface area contributed by atoms with Crippen molar-refractivity contribution in [3.63, 3.8) is 0 Å². The Kier molecular flexibility index (Phi) is 4.88. The van der Waals surface area contributed by atoms with Gasteiger partial charge in [0.15, 0.2) is 0 Å². The van der Waals surface area contributed by atoms with E-state index in [1.165, 1.54) is 6.07 Å². The van der Waals surface area contributed by atoms with Crippen LogP contribution in [0.1, 0.15) is 24.0 Å². The Balaban J connectivity index is 1.88. The molecular weight excluding hydrogens is 334 g/mol. The zero-order valence-corrected chi connectivity index (χ0v) is 14.3. The Hall–Kier alpha value is -1.58. The highest BCUT2D eigenvalue weighted by atomic mass is 35.5. The summed E-state index contributed by atoms with van der Waals surface area (Å²) in [6.45, 7) is 3.80. The summed E-state index contributed by atoms with van der Waals surface area (Å²) in [5.74, 6) is -0.207. The summed E-state index contributed by atoms with van der Waals surface area (Å²) >= 11 is 12.0. The number of aryl methyl sites for hydroxylation is 1. The summed E-state index contributed by atoms with van der Waals surface area (Å²) in [5.41, 5.74) is 3.03. The summed E-state index contributed by atoms with van der Waals surface area (Å²) < 4.78 is 14.4. The van der Waals surface area contributed by atoms with E-state index < -0.39 is 0 Å². The topological polar surface area (TPSA) is 15.6 Å². The fourth-order valence-corrected chi connectivity index (χ4v) is 3.20. The summed E-state index contributed by atoms with van der Waals surface area (Å²) in [4.78, 5) is 6.45. The van der Waals surface area contributed by atoms with Crippen molar-refractivity contribution in [2.24, 2.45) is 4.99 Å². The smallest absolute Gasteiger partial charge is 0.147 e. The van der Waals surface area contributed by atoms with Gasteiger partial charge in [-0.2, -0.15) is 0 Å². The molecule has 1 fully saturated rings. The summed E-state index contributed by atoms with van der Waals surface area (Å²) in [6, 6.07) is 8.54. The van der Waals surface area contributed by atoms with Crippen molar-refractivity contribution in [3.8, 4) is 0 Å². The molecule has 1 aliphatic rings. The van der Waals surface area contributed by atoms with Crippen LogP contribution in [0.3, 0.4) is 0 Å². The summed E-state index contributed by atoms with van der Waals surface area (Å²) in [7, 11) is 0. The predicted molar refractivity (Wildman–Crippen MR) is 96.3 cm³/mol. The normalized spacial score (nSPS) is 14.9. The molecule has 0 aliphatic carbocycles.